The molecule has 0 atom stereocenters. The molecule has 0 heterocycles. The van der Waals surface area contributed by atoms with Crippen molar-refractivity contribution in [2.24, 2.45) is 0 Å². The summed E-state index contributed by atoms with van der Waals surface area (Å²) in [4.78, 5) is 0.783. The predicted molar refractivity (Wildman–Crippen MR) is 97.7 cm³/mol. The molecular formula is C18H13ClFN3O2S. The SMILES string of the molecule is CN(C)c1ccc(C=C(C#N)S(=O)(=O)c2ccc(Cl)cc2)c(F)c1C#N. The third-order valence-corrected chi connectivity index (χ3v) is 5.49. The van der Waals surface area contributed by atoms with Crippen LogP contribution in [0.4, 0.5) is 10.1 Å². The molecule has 0 spiro atoms. The molecule has 8 heteroatoms. The number of hydrogen-bond donors (Lipinski definition) is 0. The third-order valence-electron chi connectivity index (χ3n) is 3.55. The van der Waals surface area contributed by atoms with Crippen LogP contribution in [0, 0.1) is 28.5 Å². The van der Waals surface area contributed by atoms with Gasteiger partial charge in [-0.3, -0.25) is 0 Å². The average molecular weight is 390 g/mol. The molecule has 0 N–H and O–H groups in total. The minimum Gasteiger partial charge on any atom is -0.377 e. The van der Waals surface area contributed by atoms with Gasteiger partial charge in [0.15, 0.2) is 0 Å². The average Bonchev–Trinajstić information content (AvgIpc) is 2.60. The zero-order valence-corrected chi connectivity index (χ0v) is 15.4. The van der Waals surface area contributed by atoms with E-state index in [1.54, 1.807) is 31.1 Å². The van der Waals surface area contributed by atoms with Crippen LogP contribution in [0.25, 0.3) is 6.08 Å². The smallest absolute Gasteiger partial charge is 0.216 e. The Hall–Kier alpha value is -2.87. The first kappa shape index (κ1) is 19.5. The topological polar surface area (TPSA) is 85.0 Å². The first-order valence-corrected chi connectivity index (χ1v) is 9.11. The van der Waals surface area contributed by atoms with Crippen molar-refractivity contribution in [2.75, 3.05) is 19.0 Å². The van der Waals surface area contributed by atoms with E-state index in [9.17, 15) is 23.3 Å². The van der Waals surface area contributed by atoms with Gasteiger partial charge in [0.05, 0.1) is 10.6 Å². The highest BCUT2D eigenvalue weighted by Crippen LogP contribution is 2.28. The van der Waals surface area contributed by atoms with Gasteiger partial charge < -0.3 is 4.90 Å². The normalized spacial score (nSPS) is 11.5. The molecule has 0 amide bonds. The van der Waals surface area contributed by atoms with Crippen LogP contribution in [0.2, 0.25) is 5.02 Å². The lowest BCUT2D eigenvalue weighted by Gasteiger charge is -2.15. The number of nitriles is 2. The molecule has 5 nitrogen and oxygen atoms in total. The highest BCUT2D eigenvalue weighted by molar-refractivity contribution is 7.95. The maximum absolute atomic E-state index is 14.6. The summed E-state index contributed by atoms with van der Waals surface area (Å²) in [6.45, 7) is 0. The lowest BCUT2D eigenvalue weighted by atomic mass is 10.1. The first-order chi connectivity index (χ1) is 12.2. The van der Waals surface area contributed by atoms with Gasteiger partial charge in [0.25, 0.3) is 0 Å². The van der Waals surface area contributed by atoms with Crippen LogP contribution in [0.1, 0.15) is 11.1 Å². The Morgan fingerprint density at radius 1 is 1.15 bits per heavy atom. The van der Waals surface area contributed by atoms with E-state index in [2.05, 4.69) is 0 Å². The number of hydrogen-bond acceptors (Lipinski definition) is 5. The molecule has 2 rings (SSSR count). The Labute approximate surface area is 156 Å². The predicted octanol–water partition coefficient (Wildman–Crippen LogP) is 3.76. The molecule has 0 aliphatic rings. The van der Waals surface area contributed by atoms with Crippen LogP contribution < -0.4 is 4.90 Å². The van der Waals surface area contributed by atoms with Gasteiger partial charge in [-0.2, -0.15) is 10.5 Å². The van der Waals surface area contributed by atoms with Crippen LogP contribution in [0.15, 0.2) is 46.2 Å². The largest absolute Gasteiger partial charge is 0.377 e. The number of rotatable bonds is 4. The van der Waals surface area contributed by atoms with Gasteiger partial charge in [-0.25, -0.2) is 12.8 Å². The van der Waals surface area contributed by atoms with Gasteiger partial charge in [-0.1, -0.05) is 11.6 Å². The Kier molecular flexibility index (Phi) is 5.66. The van der Waals surface area contributed by atoms with E-state index < -0.39 is 20.6 Å². The molecule has 0 aliphatic heterocycles. The summed E-state index contributed by atoms with van der Waals surface area (Å²) >= 11 is 5.74. The Bertz CT molecular complexity index is 1060. The molecule has 0 aliphatic carbocycles. The molecule has 0 radical (unpaired) electrons. The fourth-order valence-corrected chi connectivity index (χ4v) is 3.50. The summed E-state index contributed by atoms with van der Waals surface area (Å²) < 4.78 is 39.8. The fourth-order valence-electron chi connectivity index (χ4n) is 2.22. The zero-order valence-electron chi connectivity index (χ0n) is 13.9. The molecule has 26 heavy (non-hydrogen) atoms. The van der Waals surface area contributed by atoms with E-state index in [-0.39, 0.29) is 16.0 Å². The number of sulfone groups is 1. The number of benzene rings is 2. The van der Waals surface area contributed by atoms with Crippen molar-refractivity contribution in [2.45, 2.75) is 4.90 Å². The summed E-state index contributed by atoms with van der Waals surface area (Å²) in [6, 6.07) is 11.4. The van der Waals surface area contributed by atoms with Gasteiger partial charge >= 0.3 is 0 Å². The van der Waals surface area contributed by atoms with Gasteiger partial charge in [0.1, 0.15) is 28.4 Å². The second kappa shape index (κ2) is 7.57. The molecule has 2 aromatic carbocycles. The summed E-state index contributed by atoms with van der Waals surface area (Å²) in [7, 11) is -0.848. The maximum Gasteiger partial charge on any atom is 0.216 e. The van der Waals surface area contributed by atoms with Crippen LogP contribution in [0.3, 0.4) is 0 Å². The molecule has 132 valence electrons. The van der Waals surface area contributed by atoms with Crippen molar-refractivity contribution in [1.29, 1.82) is 10.5 Å². The van der Waals surface area contributed by atoms with Crippen molar-refractivity contribution in [3.63, 3.8) is 0 Å². The van der Waals surface area contributed by atoms with Crippen LogP contribution in [-0.2, 0) is 9.84 Å². The molecule has 0 aromatic heterocycles. The molecule has 0 bridgehead atoms. The van der Waals surface area contributed by atoms with Crippen molar-refractivity contribution in [3.8, 4) is 12.1 Å². The quantitative estimate of drug-likeness (QED) is 0.743. The highest BCUT2D eigenvalue weighted by Gasteiger charge is 2.22. The Morgan fingerprint density at radius 2 is 1.77 bits per heavy atom. The van der Waals surface area contributed by atoms with E-state index in [0.29, 0.717) is 10.7 Å². The minimum absolute atomic E-state index is 0.138. The number of anilines is 1. The summed E-state index contributed by atoms with van der Waals surface area (Å²) in [6.07, 6.45) is 0.916. The highest BCUT2D eigenvalue weighted by atomic mass is 35.5. The monoisotopic (exact) mass is 389 g/mol. The van der Waals surface area contributed by atoms with Crippen molar-refractivity contribution >= 4 is 33.2 Å². The van der Waals surface area contributed by atoms with E-state index >= 15 is 0 Å². The standard InChI is InChI=1S/C18H13ClFN3O2S/c1-23(2)17-8-3-12(18(20)16(17)11-22)9-15(10-21)26(24,25)14-6-4-13(19)5-7-14/h3-9H,1-2H3. The number of nitrogens with zero attached hydrogens (tertiary/aromatic N) is 3. The fraction of sp³-hybridized carbons (Fsp3) is 0.111. The minimum atomic E-state index is -4.15. The van der Waals surface area contributed by atoms with Crippen LogP contribution in [0.5, 0.6) is 0 Å². The van der Waals surface area contributed by atoms with Gasteiger partial charge in [-0.15, -0.1) is 0 Å². The van der Waals surface area contributed by atoms with E-state index in [0.717, 1.165) is 6.08 Å². The molecule has 0 unspecified atom stereocenters. The van der Waals surface area contributed by atoms with Crippen molar-refractivity contribution < 1.29 is 12.8 Å². The van der Waals surface area contributed by atoms with E-state index in [4.69, 9.17) is 11.6 Å². The van der Waals surface area contributed by atoms with Crippen molar-refractivity contribution in [1.82, 2.24) is 0 Å². The Morgan fingerprint density at radius 3 is 2.27 bits per heavy atom. The summed E-state index contributed by atoms with van der Waals surface area (Å²) in [5.74, 6) is -0.891. The van der Waals surface area contributed by atoms with Crippen LogP contribution in [-0.4, -0.2) is 22.5 Å². The van der Waals surface area contributed by atoms with Gasteiger partial charge in [0.2, 0.25) is 9.84 Å². The lowest BCUT2D eigenvalue weighted by Crippen LogP contribution is -2.12. The molecule has 0 fully saturated rings. The van der Waals surface area contributed by atoms with E-state index in [1.807, 2.05) is 0 Å². The molecule has 0 saturated carbocycles. The number of allylic oxidation sites excluding steroid dienone is 1. The Balaban J connectivity index is 2.62. The summed E-state index contributed by atoms with van der Waals surface area (Å²) in [5.41, 5.74) is -0.0487. The first-order valence-electron chi connectivity index (χ1n) is 7.24. The third kappa shape index (κ3) is 3.70. The second-order valence-corrected chi connectivity index (χ2v) is 7.80. The van der Waals surface area contributed by atoms with Crippen LogP contribution >= 0.6 is 11.6 Å². The van der Waals surface area contributed by atoms with Gasteiger partial charge in [-0.05, 0) is 42.5 Å². The second-order valence-electron chi connectivity index (χ2n) is 5.45. The summed E-state index contributed by atoms with van der Waals surface area (Å²) in [5, 5.41) is 18.8. The maximum atomic E-state index is 14.6. The lowest BCUT2D eigenvalue weighted by molar-refractivity contribution is 0.603. The van der Waals surface area contributed by atoms with E-state index in [1.165, 1.54) is 36.4 Å². The molecule has 2 aromatic rings. The number of halogens is 2. The van der Waals surface area contributed by atoms with Gasteiger partial charge in [0, 0.05) is 24.7 Å². The molecular weight excluding hydrogens is 377 g/mol. The molecule has 0 saturated heterocycles. The zero-order chi connectivity index (χ0) is 19.5. The van der Waals surface area contributed by atoms with Crippen molar-refractivity contribution in [3.05, 3.63) is 63.3 Å².